The minimum absolute atomic E-state index is 0.167. The number of carbonyl (C=O) groups excluding carboxylic acids is 1. The molecule has 0 N–H and O–H groups in total. The van der Waals surface area contributed by atoms with Crippen LogP contribution < -0.4 is 0 Å². The van der Waals surface area contributed by atoms with Gasteiger partial charge in [-0.05, 0) is 31.2 Å². The zero-order valence-corrected chi connectivity index (χ0v) is 15.6. The molecule has 0 fully saturated rings. The molecule has 4 aromatic rings. The third-order valence-electron chi connectivity index (χ3n) is 4.14. The van der Waals surface area contributed by atoms with Gasteiger partial charge in [-0.3, -0.25) is 9.78 Å². The van der Waals surface area contributed by atoms with Crippen LogP contribution in [0.4, 0.5) is 0 Å². The molecular weight excluding hydrogens is 354 g/mol. The molecule has 5 heteroatoms. The lowest BCUT2D eigenvalue weighted by Crippen LogP contribution is -2.15. The lowest BCUT2D eigenvalue weighted by molar-refractivity contribution is 0.0946. The van der Waals surface area contributed by atoms with E-state index in [0.29, 0.717) is 5.56 Å². The molecule has 4 nitrogen and oxygen atoms in total. The topological polar surface area (TPSA) is 47.8 Å². The monoisotopic (exact) mass is 371 g/mol. The van der Waals surface area contributed by atoms with Gasteiger partial charge < -0.3 is 0 Å². The van der Waals surface area contributed by atoms with Gasteiger partial charge in [0, 0.05) is 28.4 Å². The van der Waals surface area contributed by atoms with Crippen LogP contribution in [0.1, 0.15) is 16.1 Å². The summed E-state index contributed by atoms with van der Waals surface area (Å²) in [6, 6.07) is 23.4. The van der Waals surface area contributed by atoms with Crippen LogP contribution in [-0.2, 0) is 0 Å². The highest BCUT2D eigenvalue weighted by molar-refractivity contribution is 7.99. The Hall–Kier alpha value is -3.18. The molecular formula is C22H17N3OS. The second-order valence-electron chi connectivity index (χ2n) is 6.00. The van der Waals surface area contributed by atoms with Crippen LogP contribution in [0.5, 0.6) is 0 Å². The van der Waals surface area contributed by atoms with E-state index in [0.717, 1.165) is 26.7 Å². The van der Waals surface area contributed by atoms with Crippen LogP contribution >= 0.6 is 11.8 Å². The minimum Gasteiger partial charge on any atom is -0.267 e. The number of benzene rings is 2. The van der Waals surface area contributed by atoms with Crippen molar-refractivity contribution in [3.8, 4) is 11.3 Å². The molecule has 2 heterocycles. The molecule has 27 heavy (non-hydrogen) atoms. The number of nitrogens with zero attached hydrogens (tertiary/aromatic N) is 3. The largest absolute Gasteiger partial charge is 0.278 e. The van der Waals surface area contributed by atoms with Crippen molar-refractivity contribution in [2.75, 3.05) is 0 Å². The second-order valence-corrected chi connectivity index (χ2v) is 7.08. The van der Waals surface area contributed by atoms with E-state index in [4.69, 9.17) is 0 Å². The van der Waals surface area contributed by atoms with Gasteiger partial charge in [0.2, 0.25) is 0 Å². The Bertz CT molecular complexity index is 1060. The van der Waals surface area contributed by atoms with Crippen LogP contribution in [0.3, 0.4) is 0 Å². The molecule has 0 atom stereocenters. The average Bonchev–Trinajstić information content (AvgIpc) is 3.05. The smallest absolute Gasteiger partial charge is 0.267 e. The molecule has 0 spiro atoms. The van der Waals surface area contributed by atoms with E-state index in [1.54, 1.807) is 36.3 Å². The van der Waals surface area contributed by atoms with Crippen LogP contribution in [0, 0.1) is 6.92 Å². The Balaban J connectivity index is 1.87. The first kappa shape index (κ1) is 17.2. The molecule has 0 aliphatic heterocycles. The molecule has 2 aromatic carbocycles. The van der Waals surface area contributed by atoms with Gasteiger partial charge in [-0.1, -0.05) is 60.3 Å². The number of pyridine rings is 1. The highest BCUT2D eigenvalue weighted by Gasteiger charge is 2.22. The standard InChI is InChI=1S/C22H17N3OS/c1-16-21(27-19-10-6-3-7-11-19)20(17-8-4-2-5-9-17)25(24-16)22(26)18-12-14-23-15-13-18/h2-15H,1H3. The van der Waals surface area contributed by atoms with Gasteiger partial charge in [0.25, 0.3) is 5.91 Å². The van der Waals surface area contributed by atoms with Crippen molar-refractivity contribution in [2.45, 2.75) is 16.7 Å². The molecule has 0 aliphatic carbocycles. The van der Waals surface area contributed by atoms with E-state index in [2.05, 4.69) is 22.2 Å². The summed E-state index contributed by atoms with van der Waals surface area (Å²) >= 11 is 1.62. The van der Waals surface area contributed by atoms with Crippen LogP contribution in [0.25, 0.3) is 11.3 Å². The van der Waals surface area contributed by atoms with Crippen molar-refractivity contribution >= 4 is 17.7 Å². The van der Waals surface area contributed by atoms with Gasteiger partial charge in [0.1, 0.15) is 0 Å². The SMILES string of the molecule is Cc1nn(C(=O)c2ccncc2)c(-c2ccccc2)c1Sc1ccccc1. The Morgan fingerprint density at radius 3 is 2.19 bits per heavy atom. The summed E-state index contributed by atoms with van der Waals surface area (Å²) in [7, 11) is 0. The van der Waals surface area contributed by atoms with E-state index in [1.807, 2.05) is 55.5 Å². The van der Waals surface area contributed by atoms with Crippen LogP contribution in [-0.4, -0.2) is 20.7 Å². The highest BCUT2D eigenvalue weighted by atomic mass is 32.2. The molecule has 4 rings (SSSR count). The summed E-state index contributed by atoms with van der Waals surface area (Å²) in [4.78, 5) is 19.2. The van der Waals surface area contributed by atoms with Crippen molar-refractivity contribution in [2.24, 2.45) is 0 Å². The zero-order chi connectivity index (χ0) is 18.6. The Morgan fingerprint density at radius 1 is 0.889 bits per heavy atom. The van der Waals surface area contributed by atoms with Gasteiger partial charge >= 0.3 is 0 Å². The fourth-order valence-corrected chi connectivity index (χ4v) is 3.87. The van der Waals surface area contributed by atoms with Gasteiger partial charge in [-0.15, -0.1) is 0 Å². The molecule has 132 valence electrons. The third kappa shape index (κ3) is 3.55. The number of hydrogen-bond donors (Lipinski definition) is 0. The van der Waals surface area contributed by atoms with Crippen LogP contribution in [0.15, 0.2) is 95.0 Å². The maximum absolute atomic E-state index is 13.1. The molecule has 0 aliphatic rings. The lowest BCUT2D eigenvalue weighted by atomic mass is 10.1. The Kier molecular flexibility index (Phi) is 4.85. The fourth-order valence-electron chi connectivity index (χ4n) is 2.85. The molecule has 0 bridgehead atoms. The summed E-state index contributed by atoms with van der Waals surface area (Å²) in [5.41, 5.74) is 3.15. The van der Waals surface area contributed by atoms with Crippen molar-refractivity contribution in [3.63, 3.8) is 0 Å². The second kappa shape index (κ2) is 7.60. The number of rotatable bonds is 4. The molecule has 0 unspecified atom stereocenters. The first-order valence-electron chi connectivity index (χ1n) is 8.56. The maximum Gasteiger partial charge on any atom is 0.278 e. The first-order valence-corrected chi connectivity index (χ1v) is 9.38. The van der Waals surface area contributed by atoms with E-state index in [-0.39, 0.29) is 5.91 Å². The van der Waals surface area contributed by atoms with Gasteiger partial charge in [-0.2, -0.15) is 9.78 Å². The van der Waals surface area contributed by atoms with Crippen LogP contribution in [0.2, 0.25) is 0 Å². The maximum atomic E-state index is 13.1. The van der Waals surface area contributed by atoms with Gasteiger partial charge in [-0.25, -0.2) is 0 Å². The average molecular weight is 371 g/mol. The van der Waals surface area contributed by atoms with Crippen molar-refractivity contribution in [1.82, 2.24) is 14.8 Å². The summed E-state index contributed by atoms with van der Waals surface area (Å²) in [5.74, 6) is -0.167. The predicted octanol–water partition coefficient (Wildman–Crippen LogP) is 5.09. The summed E-state index contributed by atoms with van der Waals surface area (Å²) in [5, 5.41) is 4.59. The van der Waals surface area contributed by atoms with Crippen molar-refractivity contribution in [3.05, 3.63) is 96.4 Å². The van der Waals surface area contributed by atoms with E-state index in [9.17, 15) is 4.79 Å². The predicted molar refractivity (Wildman–Crippen MR) is 107 cm³/mol. The Labute approximate surface area is 161 Å². The molecule has 0 saturated carbocycles. The van der Waals surface area contributed by atoms with E-state index >= 15 is 0 Å². The van der Waals surface area contributed by atoms with Crippen molar-refractivity contribution < 1.29 is 4.79 Å². The lowest BCUT2D eigenvalue weighted by Gasteiger charge is -2.09. The summed E-state index contributed by atoms with van der Waals surface area (Å²) in [6.07, 6.45) is 3.23. The van der Waals surface area contributed by atoms with E-state index in [1.165, 1.54) is 4.68 Å². The number of carbonyl (C=O) groups is 1. The van der Waals surface area contributed by atoms with Gasteiger partial charge in [0.15, 0.2) is 0 Å². The summed E-state index contributed by atoms with van der Waals surface area (Å²) < 4.78 is 1.51. The number of aromatic nitrogens is 3. The van der Waals surface area contributed by atoms with Crippen molar-refractivity contribution in [1.29, 1.82) is 0 Å². The Morgan fingerprint density at radius 2 is 1.52 bits per heavy atom. The molecule has 2 aromatic heterocycles. The molecule has 0 amide bonds. The normalized spacial score (nSPS) is 10.7. The van der Waals surface area contributed by atoms with E-state index < -0.39 is 0 Å². The minimum atomic E-state index is -0.167. The molecule has 0 saturated heterocycles. The summed E-state index contributed by atoms with van der Waals surface area (Å²) in [6.45, 7) is 1.94. The third-order valence-corrected chi connectivity index (χ3v) is 5.34. The molecule has 0 radical (unpaired) electrons. The fraction of sp³-hybridized carbons (Fsp3) is 0.0455. The highest BCUT2D eigenvalue weighted by Crippen LogP contribution is 2.38. The first-order chi connectivity index (χ1) is 13.2. The zero-order valence-electron chi connectivity index (χ0n) is 14.7. The van der Waals surface area contributed by atoms with Gasteiger partial charge in [0.05, 0.1) is 16.3 Å². The quantitative estimate of drug-likeness (QED) is 0.501. The number of aryl methyl sites for hydroxylation is 1. The number of hydrogen-bond acceptors (Lipinski definition) is 4.